The van der Waals surface area contributed by atoms with E-state index < -0.39 is 16.2 Å². The highest BCUT2D eigenvalue weighted by Gasteiger charge is 2.27. The molecule has 1 aliphatic rings. The van der Waals surface area contributed by atoms with Crippen molar-refractivity contribution in [3.8, 4) is 5.75 Å². The van der Waals surface area contributed by atoms with E-state index in [2.05, 4.69) is 5.48 Å². The Morgan fingerprint density at radius 3 is 2.86 bits per heavy atom. The highest BCUT2D eigenvalue weighted by Crippen LogP contribution is 2.30. The van der Waals surface area contributed by atoms with E-state index in [1.54, 1.807) is 24.3 Å². The lowest BCUT2D eigenvalue weighted by Gasteiger charge is -2.05. The molecule has 1 heterocycles. The van der Waals surface area contributed by atoms with Crippen molar-refractivity contribution in [3.05, 3.63) is 29.8 Å². The molecule has 0 saturated heterocycles. The molecule has 2 N–H and O–H groups in total. The predicted octanol–water partition coefficient (Wildman–Crippen LogP) is 0.512. The lowest BCUT2D eigenvalue weighted by atomic mass is 10.1. The second kappa shape index (κ2) is 3.23. The van der Waals surface area contributed by atoms with Crippen LogP contribution in [0.2, 0.25) is 0 Å². The summed E-state index contributed by atoms with van der Waals surface area (Å²) in [5.74, 6) is 0.213. The van der Waals surface area contributed by atoms with Gasteiger partial charge in [-0.1, -0.05) is 18.2 Å². The average Bonchev–Trinajstić information content (AvgIpc) is 2.47. The second-order valence-electron chi connectivity index (χ2n) is 3.06. The van der Waals surface area contributed by atoms with Crippen molar-refractivity contribution in [2.75, 3.05) is 5.75 Å². The summed E-state index contributed by atoms with van der Waals surface area (Å²) in [6, 6.07) is 6.56. The van der Waals surface area contributed by atoms with E-state index in [1.165, 1.54) is 0 Å². The average molecular weight is 215 g/mol. The Balaban J connectivity index is 2.27. The van der Waals surface area contributed by atoms with Crippen LogP contribution in [0.5, 0.6) is 5.75 Å². The minimum Gasteiger partial charge on any atom is -0.408 e. The molecule has 2 rings (SSSR count). The SMILES string of the molecule is O=S(=O)(O)CC1NOc2ccccc21. The lowest BCUT2D eigenvalue weighted by Crippen LogP contribution is -2.24. The quantitative estimate of drug-likeness (QED) is 0.703. The first kappa shape index (κ1) is 9.45. The van der Waals surface area contributed by atoms with E-state index in [4.69, 9.17) is 9.39 Å². The maximum atomic E-state index is 10.7. The highest BCUT2D eigenvalue weighted by molar-refractivity contribution is 7.85. The van der Waals surface area contributed by atoms with Crippen LogP contribution in [-0.2, 0) is 10.1 Å². The molecule has 0 saturated carbocycles. The fourth-order valence-electron chi connectivity index (χ4n) is 1.39. The summed E-state index contributed by atoms with van der Waals surface area (Å²) >= 11 is 0. The van der Waals surface area contributed by atoms with Gasteiger partial charge in [0.1, 0.15) is 0 Å². The molecule has 0 aromatic heterocycles. The molecular weight excluding hydrogens is 206 g/mol. The summed E-state index contributed by atoms with van der Waals surface area (Å²) in [4.78, 5) is 5.03. The molecule has 0 bridgehead atoms. The molecule has 76 valence electrons. The van der Waals surface area contributed by atoms with Crippen LogP contribution in [0.1, 0.15) is 11.6 Å². The smallest absolute Gasteiger partial charge is 0.266 e. The summed E-state index contributed by atoms with van der Waals surface area (Å²) in [5.41, 5.74) is 3.28. The molecule has 1 atom stereocenters. The molecule has 1 unspecified atom stereocenters. The zero-order chi connectivity index (χ0) is 10.2. The van der Waals surface area contributed by atoms with E-state index in [-0.39, 0.29) is 5.75 Å². The van der Waals surface area contributed by atoms with Gasteiger partial charge < -0.3 is 4.84 Å². The number of hydrogen-bond acceptors (Lipinski definition) is 4. The largest absolute Gasteiger partial charge is 0.408 e. The van der Waals surface area contributed by atoms with Gasteiger partial charge >= 0.3 is 0 Å². The van der Waals surface area contributed by atoms with Crippen LogP contribution in [0, 0.1) is 0 Å². The van der Waals surface area contributed by atoms with Gasteiger partial charge in [-0.2, -0.15) is 8.42 Å². The van der Waals surface area contributed by atoms with Crippen molar-refractivity contribution in [1.29, 1.82) is 0 Å². The third-order valence-electron chi connectivity index (χ3n) is 1.98. The molecule has 5 nitrogen and oxygen atoms in total. The third kappa shape index (κ3) is 1.87. The van der Waals surface area contributed by atoms with E-state index in [1.807, 2.05) is 0 Å². The molecular formula is C8H9NO4S. The van der Waals surface area contributed by atoms with E-state index >= 15 is 0 Å². The first-order valence-corrected chi connectivity index (χ1v) is 5.63. The number of rotatable bonds is 2. The van der Waals surface area contributed by atoms with Crippen LogP contribution in [0.25, 0.3) is 0 Å². The summed E-state index contributed by atoms with van der Waals surface area (Å²) in [6.45, 7) is 0. The fraction of sp³-hybridized carbons (Fsp3) is 0.250. The zero-order valence-corrected chi connectivity index (χ0v) is 7.99. The van der Waals surface area contributed by atoms with Crippen molar-refractivity contribution >= 4 is 10.1 Å². The van der Waals surface area contributed by atoms with Gasteiger partial charge in [0.25, 0.3) is 10.1 Å². The minimum atomic E-state index is -3.99. The fourth-order valence-corrected chi connectivity index (χ4v) is 2.06. The maximum absolute atomic E-state index is 10.7. The molecule has 6 heteroatoms. The van der Waals surface area contributed by atoms with Gasteiger partial charge in [0.05, 0.1) is 11.8 Å². The van der Waals surface area contributed by atoms with Crippen LogP contribution in [0.15, 0.2) is 24.3 Å². The normalized spacial score (nSPS) is 20.2. The Kier molecular flexibility index (Phi) is 2.18. The van der Waals surface area contributed by atoms with Crippen LogP contribution in [0.4, 0.5) is 0 Å². The predicted molar refractivity (Wildman–Crippen MR) is 49.4 cm³/mol. The van der Waals surface area contributed by atoms with Gasteiger partial charge in [0, 0.05) is 5.56 Å². The molecule has 1 aromatic rings. The van der Waals surface area contributed by atoms with Gasteiger partial charge in [-0.15, -0.1) is 5.48 Å². The first-order chi connectivity index (χ1) is 6.56. The Morgan fingerprint density at radius 2 is 2.14 bits per heavy atom. The highest BCUT2D eigenvalue weighted by atomic mass is 32.2. The molecule has 1 aliphatic heterocycles. The molecule has 1 aromatic carbocycles. The number of fused-ring (bicyclic) bond motifs is 1. The van der Waals surface area contributed by atoms with Crippen LogP contribution >= 0.6 is 0 Å². The number of hydroxylamine groups is 1. The van der Waals surface area contributed by atoms with E-state index in [9.17, 15) is 8.42 Å². The van der Waals surface area contributed by atoms with Crippen molar-refractivity contribution in [1.82, 2.24) is 5.48 Å². The molecule has 0 amide bonds. The Morgan fingerprint density at radius 1 is 1.43 bits per heavy atom. The summed E-state index contributed by atoms with van der Waals surface area (Å²) in [6.07, 6.45) is 0. The van der Waals surface area contributed by atoms with Crippen LogP contribution in [0.3, 0.4) is 0 Å². The second-order valence-corrected chi connectivity index (χ2v) is 4.56. The van der Waals surface area contributed by atoms with Crippen molar-refractivity contribution in [2.45, 2.75) is 6.04 Å². The van der Waals surface area contributed by atoms with Gasteiger partial charge in [-0.25, -0.2) is 0 Å². The molecule has 0 fully saturated rings. The Labute approximate surface area is 81.4 Å². The third-order valence-corrected chi connectivity index (χ3v) is 2.74. The van der Waals surface area contributed by atoms with Crippen molar-refractivity contribution in [2.24, 2.45) is 0 Å². The number of benzene rings is 1. The van der Waals surface area contributed by atoms with Gasteiger partial charge in [-0.05, 0) is 6.07 Å². The van der Waals surface area contributed by atoms with E-state index in [0.29, 0.717) is 5.75 Å². The van der Waals surface area contributed by atoms with Crippen LogP contribution in [-0.4, -0.2) is 18.7 Å². The monoisotopic (exact) mass is 215 g/mol. The topological polar surface area (TPSA) is 75.6 Å². The standard InChI is InChI=1S/C8H9NO4S/c10-14(11,12)5-7-6-3-1-2-4-8(6)13-9-7/h1-4,7,9H,5H2,(H,10,11,12). The maximum Gasteiger partial charge on any atom is 0.266 e. The van der Waals surface area contributed by atoms with Crippen LogP contribution < -0.4 is 10.3 Å². The van der Waals surface area contributed by atoms with Gasteiger partial charge in [-0.3, -0.25) is 4.55 Å². The molecule has 14 heavy (non-hydrogen) atoms. The Hall–Kier alpha value is -1.11. The summed E-state index contributed by atoms with van der Waals surface area (Å²) < 4.78 is 30.0. The number of para-hydroxylation sites is 1. The van der Waals surface area contributed by atoms with Gasteiger partial charge in [0.2, 0.25) is 0 Å². The molecule has 0 aliphatic carbocycles. The van der Waals surface area contributed by atoms with E-state index in [0.717, 1.165) is 5.56 Å². The number of nitrogens with one attached hydrogen (secondary N) is 1. The minimum absolute atomic E-state index is 0.385. The summed E-state index contributed by atoms with van der Waals surface area (Å²) in [5, 5.41) is 0. The molecule has 0 radical (unpaired) electrons. The molecule has 0 spiro atoms. The van der Waals surface area contributed by atoms with Crippen molar-refractivity contribution < 1.29 is 17.8 Å². The lowest BCUT2D eigenvalue weighted by molar-refractivity contribution is 0.200. The van der Waals surface area contributed by atoms with Crippen molar-refractivity contribution in [3.63, 3.8) is 0 Å². The summed E-state index contributed by atoms with van der Waals surface area (Å²) in [7, 11) is -3.99. The first-order valence-electron chi connectivity index (χ1n) is 4.03. The Bertz CT molecular complexity index is 442. The van der Waals surface area contributed by atoms with Gasteiger partial charge in [0.15, 0.2) is 5.75 Å². The zero-order valence-electron chi connectivity index (χ0n) is 7.17. The number of hydrogen-bond donors (Lipinski definition) is 2.